The molecule has 84 valence electrons. The molecule has 0 saturated carbocycles. The lowest BCUT2D eigenvalue weighted by molar-refractivity contribution is 0.288. The van der Waals surface area contributed by atoms with E-state index in [4.69, 9.17) is 5.11 Å². The zero-order chi connectivity index (χ0) is 11.3. The molecule has 0 saturated heterocycles. The van der Waals surface area contributed by atoms with Crippen molar-refractivity contribution in [2.24, 2.45) is 0 Å². The first-order chi connectivity index (χ1) is 7.16. The fraction of sp³-hybridized carbons (Fsp3) is 0.600. The lowest BCUT2D eigenvalue weighted by Crippen LogP contribution is -2.37. The van der Waals surface area contributed by atoms with Crippen LogP contribution in [0.2, 0.25) is 0 Å². The number of hydrogen-bond acceptors (Lipinski definition) is 4. The molecule has 1 heterocycles. The summed E-state index contributed by atoms with van der Waals surface area (Å²) in [5.41, 5.74) is -0.191. The van der Waals surface area contributed by atoms with E-state index in [0.29, 0.717) is 18.8 Å². The minimum atomic E-state index is -0.191. The van der Waals surface area contributed by atoms with Gasteiger partial charge in [0.2, 0.25) is 0 Å². The van der Waals surface area contributed by atoms with E-state index < -0.39 is 0 Å². The third-order valence-electron chi connectivity index (χ3n) is 2.14. The number of aliphatic hydroxyl groups is 1. The van der Waals surface area contributed by atoms with Crippen LogP contribution < -0.4 is 10.5 Å². The molecule has 0 spiro atoms. The third kappa shape index (κ3) is 3.06. The molecule has 0 aliphatic heterocycles. The van der Waals surface area contributed by atoms with E-state index in [0.717, 1.165) is 0 Å². The SMILES string of the molecule is CC(C)N(CCCO)c1ncc[nH]c1=O. The minimum Gasteiger partial charge on any atom is -0.396 e. The molecule has 5 heteroatoms. The van der Waals surface area contributed by atoms with Crippen LogP contribution in [0.1, 0.15) is 20.3 Å². The number of aromatic amines is 1. The number of rotatable bonds is 5. The zero-order valence-corrected chi connectivity index (χ0v) is 9.10. The largest absolute Gasteiger partial charge is 0.396 e. The smallest absolute Gasteiger partial charge is 0.290 e. The van der Waals surface area contributed by atoms with E-state index in [1.165, 1.54) is 6.20 Å². The Morgan fingerprint density at radius 2 is 2.33 bits per heavy atom. The highest BCUT2D eigenvalue weighted by molar-refractivity contribution is 5.36. The van der Waals surface area contributed by atoms with Gasteiger partial charge in [0.1, 0.15) is 0 Å². The van der Waals surface area contributed by atoms with Gasteiger partial charge in [-0.05, 0) is 20.3 Å². The number of anilines is 1. The first-order valence-corrected chi connectivity index (χ1v) is 5.08. The molecule has 0 bridgehead atoms. The maximum atomic E-state index is 11.5. The van der Waals surface area contributed by atoms with E-state index in [1.807, 2.05) is 18.7 Å². The Labute approximate surface area is 88.8 Å². The molecule has 0 aromatic carbocycles. The van der Waals surface area contributed by atoms with Gasteiger partial charge in [-0.15, -0.1) is 0 Å². The van der Waals surface area contributed by atoms with Crippen molar-refractivity contribution in [1.82, 2.24) is 9.97 Å². The predicted molar refractivity (Wildman–Crippen MR) is 59.0 cm³/mol. The zero-order valence-electron chi connectivity index (χ0n) is 9.10. The molecule has 1 rings (SSSR count). The molecule has 0 aliphatic rings. The quantitative estimate of drug-likeness (QED) is 0.738. The molecule has 0 fully saturated rings. The number of nitrogens with one attached hydrogen (secondary N) is 1. The molecule has 2 N–H and O–H groups in total. The van der Waals surface area contributed by atoms with Crippen LogP contribution in [0.5, 0.6) is 0 Å². The Hall–Kier alpha value is -1.36. The Morgan fingerprint density at radius 3 is 2.87 bits per heavy atom. The second-order valence-corrected chi connectivity index (χ2v) is 3.61. The molecule has 1 aromatic rings. The van der Waals surface area contributed by atoms with Gasteiger partial charge in [-0.1, -0.05) is 0 Å². The normalized spacial score (nSPS) is 10.7. The van der Waals surface area contributed by atoms with Crippen molar-refractivity contribution >= 4 is 5.82 Å². The Kier molecular flexibility index (Phi) is 4.30. The third-order valence-corrected chi connectivity index (χ3v) is 2.14. The standard InChI is InChI=1S/C10H17N3O2/c1-8(2)13(6-3-7-14)9-10(15)12-5-4-11-9/h4-5,8,14H,3,6-7H2,1-2H3,(H,12,15). The Balaban J connectivity index is 2.89. The van der Waals surface area contributed by atoms with Crippen LogP contribution in [0.25, 0.3) is 0 Å². The topological polar surface area (TPSA) is 69.2 Å². The second-order valence-electron chi connectivity index (χ2n) is 3.61. The first-order valence-electron chi connectivity index (χ1n) is 5.08. The molecule has 5 nitrogen and oxygen atoms in total. The van der Waals surface area contributed by atoms with E-state index in [2.05, 4.69) is 9.97 Å². The molecular formula is C10H17N3O2. The van der Waals surface area contributed by atoms with E-state index >= 15 is 0 Å². The minimum absolute atomic E-state index is 0.119. The van der Waals surface area contributed by atoms with Crippen LogP contribution in [0, 0.1) is 0 Å². The van der Waals surface area contributed by atoms with Crippen molar-refractivity contribution in [3.8, 4) is 0 Å². The molecule has 0 aliphatic carbocycles. The van der Waals surface area contributed by atoms with Crippen LogP contribution in [-0.2, 0) is 0 Å². The molecule has 0 unspecified atom stereocenters. The van der Waals surface area contributed by atoms with Gasteiger partial charge in [-0.3, -0.25) is 4.79 Å². The average Bonchev–Trinajstić information content (AvgIpc) is 2.20. The van der Waals surface area contributed by atoms with Gasteiger partial charge in [0.05, 0.1) is 0 Å². The molecule has 1 aromatic heterocycles. The van der Waals surface area contributed by atoms with Crippen molar-refractivity contribution in [2.45, 2.75) is 26.3 Å². The number of nitrogens with zero attached hydrogens (tertiary/aromatic N) is 2. The van der Waals surface area contributed by atoms with E-state index in [9.17, 15) is 4.79 Å². The fourth-order valence-corrected chi connectivity index (χ4v) is 1.40. The fourth-order valence-electron chi connectivity index (χ4n) is 1.40. The van der Waals surface area contributed by atoms with Gasteiger partial charge in [-0.25, -0.2) is 4.98 Å². The Morgan fingerprint density at radius 1 is 1.60 bits per heavy atom. The second kappa shape index (κ2) is 5.50. The van der Waals surface area contributed by atoms with Crippen LogP contribution in [0.3, 0.4) is 0 Å². The van der Waals surface area contributed by atoms with Crippen molar-refractivity contribution in [2.75, 3.05) is 18.1 Å². The van der Waals surface area contributed by atoms with Crippen molar-refractivity contribution in [1.29, 1.82) is 0 Å². The first kappa shape index (κ1) is 11.7. The van der Waals surface area contributed by atoms with Crippen molar-refractivity contribution in [3.63, 3.8) is 0 Å². The number of hydrogen-bond donors (Lipinski definition) is 2. The summed E-state index contributed by atoms with van der Waals surface area (Å²) in [6.45, 7) is 4.74. The summed E-state index contributed by atoms with van der Waals surface area (Å²) in [6.07, 6.45) is 3.70. The molecule has 15 heavy (non-hydrogen) atoms. The number of aliphatic hydroxyl groups excluding tert-OH is 1. The lowest BCUT2D eigenvalue weighted by atomic mass is 10.3. The van der Waals surface area contributed by atoms with Gasteiger partial charge in [0, 0.05) is 31.6 Å². The van der Waals surface area contributed by atoms with Gasteiger partial charge >= 0.3 is 0 Å². The summed E-state index contributed by atoms with van der Waals surface area (Å²) in [5.74, 6) is 0.418. The highest BCUT2D eigenvalue weighted by Crippen LogP contribution is 2.08. The van der Waals surface area contributed by atoms with Crippen LogP contribution in [0.4, 0.5) is 5.82 Å². The summed E-state index contributed by atoms with van der Waals surface area (Å²) < 4.78 is 0. The lowest BCUT2D eigenvalue weighted by Gasteiger charge is -2.26. The summed E-state index contributed by atoms with van der Waals surface area (Å²) in [6, 6.07) is 0.188. The molecule has 0 amide bonds. The van der Waals surface area contributed by atoms with Crippen LogP contribution in [-0.4, -0.2) is 34.3 Å². The summed E-state index contributed by atoms with van der Waals surface area (Å²) in [4.78, 5) is 20.0. The van der Waals surface area contributed by atoms with Gasteiger partial charge in [-0.2, -0.15) is 0 Å². The summed E-state index contributed by atoms with van der Waals surface area (Å²) >= 11 is 0. The highest BCUT2D eigenvalue weighted by Gasteiger charge is 2.14. The average molecular weight is 211 g/mol. The van der Waals surface area contributed by atoms with Crippen molar-refractivity contribution < 1.29 is 5.11 Å². The Bertz CT molecular complexity index is 349. The highest BCUT2D eigenvalue weighted by atomic mass is 16.3. The molecule has 0 radical (unpaired) electrons. The predicted octanol–water partition coefficient (Wildman–Crippen LogP) is 0.367. The van der Waals surface area contributed by atoms with Crippen LogP contribution >= 0.6 is 0 Å². The maximum Gasteiger partial charge on any atom is 0.290 e. The van der Waals surface area contributed by atoms with Gasteiger partial charge in [0.25, 0.3) is 5.56 Å². The summed E-state index contributed by atoms with van der Waals surface area (Å²) in [7, 11) is 0. The summed E-state index contributed by atoms with van der Waals surface area (Å²) in [5, 5.41) is 8.78. The molecule has 0 atom stereocenters. The van der Waals surface area contributed by atoms with Gasteiger partial charge in [0.15, 0.2) is 5.82 Å². The monoisotopic (exact) mass is 211 g/mol. The van der Waals surface area contributed by atoms with E-state index in [1.54, 1.807) is 6.20 Å². The number of aromatic nitrogens is 2. The molecular weight excluding hydrogens is 194 g/mol. The number of H-pyrrole nitrogens is 1. The maximum absolute atomic E-state index is 11.5. The van der Waals surface area contributed by atoms with E-state index in [-0.39, 0.29) is 18.2 Å². The van der Waals surface area contributed by atoms with Gasteiger partial charge < -0.3 is 15.0 Å². The van der Waals surface area contributed by atoms with Crippen molar-refractivity contribution in [3.05, 3.63) is 22.7 Å². The van der Waals surface area contributed by atoms with Crippen LogP contribution in [0.15, 0.2) is 17.2 Å².